The van der Waals surface area contributed by atoms with E-state index in [9.17, 15) is 14.5 Å². The smallest absolute Gasteiger partial charge is 0.314 e. The van der Waals surface area contributed by atoms with Crippen molar-refractivity contribution < 1.29 is 23.5 Å². The van der Waals surface area contributed by atoms with E-state index in [4.69, 9.17) is 14.2 Å². The number of halogens is 1. The first-order valence-electron chi connectivity index (χ1n) is 7.92. The van der Waals surface area contributed by atoms with Crippen molar-refractivity contribution in [1.82, 2.24) is 5.32 Å². The van der Waals surface area contributed by atoms with Gasteiger partial charge in [-0.1, -0.05) is 6.07 Å². The minimum atomic E-state index is -0.510. The molecule has 0 amide bonds. The van der Waals surface area contributed by atoms with Gasteiger partial charge < -0.3 is 19.5 Å². The van der Waals surface area contributed by atoms with Crippen LogP contribution in [0, 0.1) is 15.9 Å². The van der Waals surface area contributed by atoms with Crippen LogP contribution in [0.25, 0.3) is 0 Å². The van der Waals surface area contributed by atoms with E-state index in [1.807, 2.05) is 0 Å². The molecule has 0 atom stereocenters. The fourth-order valence-electron chi connectivity index (χ4n) is 2.59. The van der Waals surface area contributed by atoms with Crippen LogP contribution in [0.3, 0.4) is 0 Å². The molecule has 2 rings (SSSR count). The molecular formula is C18H21FN2O5. The van der Waals surface area contributed by atoms with Gasteiger partial charge in [-0.05, 0) is 30.7 Å². The lowest BCUT2D eigenvalue weighted by Gasteiger charge is -2.12. The minimum Gasteiger partial charge on any atom is -0.496 e. The number of methoxy groups -OCH3 is 3. The second-order valence-corrected chi connectivity index (χ2v) is 5.48. The van der Waals surface area contributed by atoms with Gasteiger partial charge in [0.25, 0.3) is 0 Å². The van der Waals surface area contributed by atoms with Gasteiger partial charge >= 0.3 is 5.69 Å². The molecule has 0 aliphatic carbocycles. The SMILES string of the molecule is COc1cc([N+](=O)[O-])c(OC)cc1CCNCc1ccc([18F])cc1OC. The van der Waals surface area contributed by atoms with Crippen molar-refractivity contribution in [2.24, 2.45) is 0 Å². The van der Waals surface area contributed by atoms with Crippen LogP contribution in [0.15, 0.2) is 30.3 Å². The first-order chi connectivity index (χ1) is 12.5. The highest BCUT2D eigenvalue weighted by molar-refractivity contribution is 5.55. The lowest BCUT2D eigenvalue weighted by atomic mass is 10.1. The minimum absolute atomic E-state index is 0.142. The Morgan fingerprint density at radius 2 is 1.65 bits per heavy atom. The van der Waals surface area contributed by atoms with Gasteiger partial charge in [-0.3, -0.25) is 10.1 Å². The third kappa shape index (κ3) is 4.60. The second kappa shape index (κ2) is 9.00. The van der Waals surface area contributed by atoms with E-state index in [1.54, 1.807) is 12.1 Å². The lowest BCUT2D eigenvalue weighted by molar-refractivity contribution is -0.385. The quantitative estimate of drug-likeness (QED) is 0.419. The fourth-order valence-corrected chi connectivity index (χ4v) is 2.59. The van der Waals surface area contributed by atoms with Crippen LogP contribution in [-0.4, -0.2) is 32.8 Å². The van der Waals surface area contributed by atoms with Crippen LogP contribution in [0.1, 0.15) is 11.1 Å². The highest BCUT2D eigenvalue weighted by atomic mass is 18.2. The predicted octanol–water partition coefficient (Wildman–Crippen LogP) is 3.09. The maximum absolute atomic E-state index is 13.2. The molecule has 0 fully saturated rings. The largest absolute Gasteiger partial charge is 0.496 e. The molecule has 2 aromatic carbocycles. The second-order valence-electron chi connectivity index (χ2n) is 5.48. The molecule has 140 valence electrons. The van der Waals surface area contributed by atoms with E-state index >= 15 is 0 Å². The normalized spacial score (nSPS) is 10.5. The molecule has 7 nitrogen and oxygen atoms in total. The van der Waals surface area contributed by atoms with Crippen molar-refractivity contribution in [3.63, 3.8) is 0 Å². The number of nitro benzene ring substituents is 1. The van der Waals surface area contributed by atoms with E-state index in [1.165, 1.54) is 39.5 Å². The summed E-state index contributed by atoms with van der Waals surface area (Å²) < 4.78 is 28.7. The summed E-state index contributed by atoms with van der Waals surface area (Å²) in [5.74, 6) is 0.741. The van der Waals surface area contributed by atoms with E-state index in [0.717, 1.165) is 11.1 Å². The molecule has 0 aliphatic heterocycles. The van der Waals surface area contributed by atoms with Crippen LogP contribution in [-0.2, 0) is 13.0 Å². The Hall–Kier alpha value is -2.87. The Labute approximate surface area is 150 Å². The predicted molar refractivity (Wildman–Crippen MR) is 94.6 cm³/mol. The molecule has 1 N–H and O–H groups in total. The first kappa shape index (κ1) is 19.5. The zero-order valence-corrected chi connectivity index (χ0v) is 14.9. The molecule has 0 aromatic heterocycles. The summed E-state index contributed by atoms with van der Waals surface area (Å²) in [5, 5.41) is 14.3. The van der Waals surface area contributed by atoms with Crippen LogP contribution >= 0.6 is 0 Å². The number of hydrogen-bond donors (Lipinski definition) is 1. The fraction of sp³-hybridized carbons (Fsp3) is 0.333. The van der Waals surface area contributed by atoms with Crippen LogP contribution in [0.4, 0.5) is 10.1 Å². The standard InChI is InChI=1S/C18H21FN2O5/c1-24-16-9-14(19)5-4-13(16)11-20-7-6-12-8-18(26-3)15(21(22)23)10-17(12)25-2/h4-5,8-10,20H,6-7,11H2,1-3H3/i19-1. The van der Waals surface area contributed by atoms with Crippen molar-refractivity contribution >= 4 is 5.69 Å². The van der Waals surface area contributed by atoms with Gasteiger partial charge in [0.1, 0.15) is 17.3 Å². The van der Waals surface area contributed by atoms with Gasteiger partial charge in [0, 0.05) is 18.2 Å². The van der Waals surface area contributed by atoms with Gasteiger partial charge in [-0.25, -0.2) is 4.39 Å². The highest BCUT2D eigenvalue weighted by Gasteiger charge is 2.19. The molecule has 8 heteroatoms. The number of nitrogens with zero attached hydrogens (tertiary/aromatic N) is 1. The van der Waals surface area contributed by atoms with Gasteiger partial charge in [0.2, 0.25) is 0 Å². The zero-order chi connectivity index (χ0) is 19.1. The Morgan fingerprint density at radius 3 is 2.27 bits per heavy atom. The van der Waals surface area contributed by atoms with Crippen LogP contribution in [0.5, 0.6) is 17.2 Å². The molecule has 0 bridgehead atoms. The molecule has 0 saturated carbocycles. The summed E-state index contributed by atoms with van der Waals surface area (Å²) in [6, 6.07) is 7.34. The van der Waals surface area contributed by atoms with E-state index < -0.39 is 4.92 Å². The number of benzene rings is 2. The summed E-state index contributed by atoms with van der Waals surface area (Å²) in [7, 11) is 4.34. The Morgan fingerprint density at radius 1 is 1.00 bits per heavy atom. The average Bonchev–Trinajstić information content (AvgIpc) is 2.65. The van der Waals surface area contributed by atoms with Crippen molar-refractivity contribution in [2.45, 2.75) is 13.0 Å². The Bertz CT molecular complexity index is 782. The first-order valence-corrected chi connectivity index (χ1v) is 7.92. The van der Waals surface area contributed by atoms with Crippen molar-refractivity contribution in [3.05, 3.63) is 57.4 Å². The maximum Gasteiger partial charge on any atom is 0.314 e. The van der Waals surface area contributed by atoms with Gasteiger partial charge in [-0.2, -0.15) is 0 Å². The van der Waals surface area contributed by atoms with Crippen LogP contribution in [0.2, 0.25) is 0 Å². The number of hydrogen-bond acceptors (Lipinski definition) is 6. The monoisotopic (exact) mass is 363 g/mol. The van der Waals surface area contributed by atoms with Crippen LogP contribution < -0.4 is 19.5 Å². The molecule has 0 unspecified atom stereocenters. The average molecular weight is 363 g/mol. The van der Waals surface area contributed by atoms with Gasteiger partial charge in [0.05, 0.1) is 32.3 Å². The molecule has 0 radical (unpaired) electrons. The maximum atomic E-state index is 13.2. The molecule has 0 aliphatic rings. The van der Waals surface area contributed by atoms with E-state index in [0.29, 0.717) is 31.0 Å². The number of nitrogens with one attached hydrogen (secondary N) is 1. The number of nitro groups is 1. The number of rotatable bonds is 9. The summed E-state index contributed by atoms with van der Waals surface area (Å²) in [6.07, 6.45) is 0.570. The summed E-state index contributed by atoms with van der Waals surface area (Å²) in [5.41, 5.74) is 1.48. The molecular weight excluding hydrogens is 342 g/mol. The third-order valence-electron chi connectivity index (χ3n) is 3.91. The van der Waals surface area contributed by atoms with E-state index in [2.05, 4.69) is 5.32 Å². The van der Waals surface area contributed by atoms with Gasteiger partial charge in [-0.15, -0.1) is 0 Å². The zero-order valence-electron chi connectivity index (χ0n) is 14.9. The van der Waals surface area contributed by atoms with Crippen molar-refractivity contribution in [1.29, 1.82) is 0 Å². The molecule has 0 saturated heterocycles. The molecule has 0 heterocycles. The van der Waals surface area contributed by atoms with E-state index in [-0.39, 0.29) is 17.3 Å². The highest BCUT2D eigenvalue weighted by Crippen LogP contribution is 2.34. The van der Waals surface area contributed by atoms with Crippen molar-refractivity contribution in [3.8, 4) is 17.2 Å². The molecule has 2 aromatic rings. The summed E-state index contributed by atoms with van der Waals surface area (Å²) in [4.78, 5) is 10.6. The third-order valence-corrected chi connectivity index (χ3v) is 3.91. The molecule has 0 spiro atoms. The Balaban J connectivity index is 2.04. The topological polar surface area (TPSA) is 82.9 Å². The summed E-state index contributed by atoms with van der Waals surface area (Å²) >= 11 is 0. The Kier molecular flexibility index (Phi) is 6.74. The lowest BCUT2D eigenvalue weighted by Crippen LogP contribution is -2.17. The van der Waals surface area contributed by atoms with Crippen molar-refractivity contribution in [2.75, 3.05) is 27.9 Å². The number of ether oxygens (including phenoxy) is 3. The van der Waals surface area contributed by atoms with Gasteiger partial charge in [0.15, 0.2) is 5.75 Å². The molecule has 26 heavy (non-hydrogen) atoms. The summed E-state index contributed by atoms with van der Waals surface area (Å²) in [6.45, 7) is 1.08.